The first kappa shape index (κ1) is 10.7. The van der Waals surface area contributed by atoms with E-state index < -0.39 is 0 Å². The zero-order valence-electron chi connectivity index (χ0n) is 7.31. The average molecular weight is 262 g/mol. The molecule has 0 bridgehead atoms. The number of aryl methyl sites for hydroxylation is 1. The van der Waals surface area contributed by atoms with E-state index in [0.717, 1.165) is 33.3 Å². The third-order valence-corrected chi connectivity index (χ3v) is 2.80. The van der Waals surface area contributed by atoms with Crippen LogP contribution in [-0.2, 0) is 11.2 Å². The van der Waals surface area contributed by atoms with Gasteiger partial charge in [-0.2, -0.15) is 0 Å². The molecule has 1 aromatic carbocycles. The molecular weight excluding hydrogens is 251 g/mol. The Hall–Kier alpha value is -0.340. The molecule has 0 heterocycles. The first-order chi connectivity index (χ1) is 6.15. The van der Waals surface area contributed by atoms with Gasteiger partial charge in [0.1, 0.15) is 6.29 Å². The van der Waals surface area contributed by atoms with E-state index in [9.17, 15) is 4.79 Å². The summed E-state index contributed by atoms with van der Waals surface area (Å²) in [6.45, 7) is 1.97. The fourth-order valence-corrected chi connectivity index (χ4v) is 2.05. The molecule has 0 amide bonds. The Kier molecular flexibility index (Phi) is 3.94. The summed E-state index contributed by atoms with van der Waals surface area (Å²) in [7, 11) is 0. The molecule has 1 rings (SSSR count). The maximum Gasteiger partial charge on any atom is 0.120 e. The first-order valence-corrected chi connectivity index (χ1v) is 5.20. The maximum absolute atomic E-state index is 10.2. The van der Waals surface area contributed by atoms with Gasteiger partial charge in [0.05, 0.1) is 0 Å². The molecular formula is C10H10BrClO. The molecule has 13 heavy (non-hydrogen) atoms. The minimum absolute atomic E-state index is 0.549. The van der Waals surface area contributed by atoms with E-state index in [0.29, 0.717) is 6.42 Å². The molecule has 0 N–H and O–H groups in total. The SMILES string of the molecule is Cc1c(Cl)cc(Br)cc1CCC=O. The van der Waals surface area contributed by atoms with E-state index in [2.05, 4.69) is 15.9 Å². The standard InChI is InChI=1S/C10H10BrClO/c1-7-8(3-2-4-13)5-9(11)6-10(7)12/h4-6H,2-3H2,1H3. The minimum atomic E-state index is 0.549. The van der Waals surface area contributed by atoms with Crippen LogP contribution in [0.5, 0.6) is 0 Å². The highest BCUT2D eigenvalue weighted by molar-refractivity contribution is 9.10. The maximum atomic E-state index is 10.2. The van der Waals surface area contributed by atoms with Gasteiger partial charge in [-0.25, -0.2) is 0 Å². The molecule has 0 saturated heterocycles. The summed E-state index contributed by atoms with van der Waals surface area (Å²) in [4.78, 5) is 10.2. The molecule has 0 atom stereocenters. The normalized spacial score (nSPS) is 10.1. The van der Waals surface area contributed by atoms with Crippen molar-refractivity contribution in [3.63, 3.8) is 0 Å². The highest BCUT2D eigenvalue weighted by Crippen LogP contribution is 2.25. The third kappa shape index (κ3) is 2.82. The van der Waals surface area contributed by atoms with Crippen molar-refractivity contribution >= 4 is 33.8 Å². The highest BCUT2D eigenvalue weighted by atomic mass is 79.9. The van der Waals surface area contributed by atoms with E-state index in [1.165, 1.54) is 0 Å². The van der Waals surface area contributed by atoms with Gasteiger partial charge in [0.15, 0.2) is 0 Å². The topological polar surface area (TPSA) is 17.1 Å². The van der Waals surface area contributed by atoms with Crippen LogP contribution in [0.25, 0.3) is 0 Å². The molecule has 0 unspecified atom stereocenters. The summed E-state index contributed by atoms with van der Waals surface area (Å²) < 4.78 is 0.962. The van der Waals surface area contributed by atoms with Gasteiger partial charge >= 0.3 is 0 Å². The molecule has 1 nitrogen and oxygen atoms in total. The molecule has 0 aliphatic rings. The van der Waals surface area contributed by atoms with Crippen molar-refractivity contribution in [3.8, 4) is 0 Å². The number of aldehydes is 1. The Bertz CT molecular complexity index is 323. The summed E-state index contributed by atoms with van der Waals surface area (Å²) in [6, 6.07) is 3.87. The van der Waals surface area contributed by atoms with Crippen molar-refractivity contribution in [3.05, 3.63) is 32.8 Å². The van der Waals surface area contributed by atoms with Gasteiger partial charge in [-0.3, -0.25) is 0 Å². The lowest BCUT2D eigenvalue weighted by atomic mass is 10.0. The molecule has 0 radical (unpaired) electrons. The summed E-state index contributed by atoms with van der Waals surface area (Å²) >= 11 is 9.35. The van der Waals surface area contributed by atoms with Crippen LogP contribution in [0.3, 0.4) is 0 Å². The molecule has 0 spiro atoms. The summed E-state index contributed by atoms with van der Waals surface area (Å²) in [6.07, 6.45) is 2.23. The Morgan fingerprint density at radius 3 is 2.85 bits per heavy atom. The predicted octanol–water partition coefficient (Wildman–Crippen LogP) is 3.54. The number of carbonyl (C=O) groups excluding carboxylic acids is 1. The minimum Gasteiger partial charge on any atom is -0.303 e. The first-order valence-electron chi connectivity index (χ1n) is 4.03. The van der Waals surface area contributed by atoms with Gasteiger partial charge in [0.25, 0.3) is 0 Å². The highest BCUT2D eigenvalue weighted by Gasteiger charge is 2.03. The van der Waals surface area contributed by atoms with Crippen molar-refractivity contribution in [2.24, 2.45) is 0 Å². The van der Waals surface area contributed by atoms with E-state index in [1.807, 2.05) is 19.1 Å². The second kappa shape index (κ2) is 4.77. The van der Waals surface area contributed by atoms with Crippen LogP contribution in [-0.4, -0.2) is 6.29 Å². The predicted molar refractivity (Wildman–Crippen MR) is 58.3 cm³/mol. The van der Waals surface area contributed by atoms with E-state index in [1.54, 1.807) is 0 Å². The second-order valence-corrected chi connectivity index (χ2v) is 4.20. The van der Waals surface area contributed by atoms with Crippen LogP contribution >= 0.6 is 27.5 Å². The number of hydrogen-bond acceptors (Lipinski definition) is 1. The monoisotopic (exact) mass is 260 g/mol. The number of benzene rings is 1. The molecule has 0 aromatic heterocycles. The quantitative estimate of drug-likeness (QED) is 0.761. The van der Waals surface area contributed by atoms with E-state index in [4.69, 9.17) is 11.6 Å². The van der Waals surface area contributed by atoms with Crippen LogP contribution in [0.15, 0.2) is 16.6 Å². The molecule has 0 aliphatic carbocycles. The summed E-state index contributed by atoms with van der Waals surface area (Å²) in [5.41, 5.74) is 2.19. The third-order valence-electron chi connectivity index (χ3n) is 1.95. The number of carbonyl (C=O) groups is 1. The Morgan fingerprint density at radius 1 is 1.54 bits per heavy atom. The molecule has 0 aliphatic heterocycles. The van der Waals surface area contributed by atoms with Gasteiger partial charge in [-0.05, 0) is 36.6 Å². The zero-order valence-corrected chi connectivity index (χ0v) is 9.65. The van der Waals surface area contributed by atoms with Crippen molar-refractivity contribution < 1.29 is 4.79 Å². The van der Waals surface area contributed by atoms with Gasteiger partial charge in [-0.1, -0.05) is 27.5 Å². The Balaban J connectivity index is 2.98. The van der Waals surface area contributed by atoms with Gasteiger partial charge in [-0.15, -0.1) is 0 Å². The molecule has 0 saturated carbocycles. The summed E-state index contributed by atoms with van der Waals surface area (Å²) in [5, 5.41) is 0.746. The van der Waals surface area contributed by atoms with Crippen molar-refractivity contribution in [2.75, 3.05) is 0 Å². The molecule has 3 heteroatoms. The van der Waals surface area contributed by atoms with Crippen molar-refractivity contribution in [2.45, 2.75) is 19.8 Å². The fraction of sp³-hybridized carbons (Fsp3) is 0.300. The van der Waals surface area contributed by atoms with Crippen LogP contribution in [0, 0.1) is 6.92 Å². The van der Waals surface area contributed by atoms with Crippen LogP contribution in [0.1, 0.15) is 17.5 Å². The van der Waals surface area contributed by atoms with Crippen molar-refractivity contribution in [1.82, 2.24) is 0 Å². The summed E-state index contributed by atoms with van der Waals surface area (Å²) in [5.74, 6) is 0. The van der Waals surface area contributed by atoms with E-state index in [-0.39, 0.29) is 0 Å². The second-order valence-electron chi connectivity index (χ2n) is 2.88. The lowest BCUT2D eigenvalue weighted by Gasteiger charge is -2.06. The van der Waals surface area contributed by atoms with Gasteiger partial charge < -0.3 is 4.79 Å². The number of halogens is 2. The van der Waals surface area contributed by atoms with Crippen LogP contribution in [0.4, 0.5) is 0 Å². The Morgan fingerprint density at radius 2 is 2.23 bits per heavy atom. The smallest absolute Gasteiger partial charge is 0.120 e. The average Bonchev–Trinajstić information content (AvgIpc) is 2.09. The van der Waals surface area contributed by atoms with E-state index >= 15 is 0 Å². The molecule has 1 aromatic rings. The fourth-order valence-electron chi connectivity index (χ4n) is 1.17. The lowest BCUT2D eigenvalue weighted by Crippen LogP contribution is -1.91. The van der Waals surface area contributed by atoms with Gasteiger partial charge in [0, 0.05) is 15.9 Å². The molecule has 70 valence electrons. The van der Waals surface area contributed by atoms with Crippen molar-refractivity contribution in [1.29, 1.82) is 0 Å². The number of rotatable bonds is 3. The zero-order chi connectivity index (χ0) is 9.84. The molecule has 0 fully saturated rings. The number of hydrogen-bond donors (Lipinski definition) is 0. The van der Waals surface area contributed by atoms with Crippen LogP contribution in [0.2, 0.25) is 5.02 Å². The van der Waals surface area contributed by atoms with Gasteiger partial charge in [0.2, 0.25) is 0 Å². The largest absolute Gasteiger partial charge is 0.303 e. The Labute approximate surface area is 91.2 Å². The lowest BCUT2D eigenvalue weighted by molar-refractivity contribution is -0.107. The van der Waals surface area contributed by atoms with Crippen LogP contribution < -0.4 is 0 Å².